The van der Waals surface area contributed by atoms with E-state index >= 15 is 0 Å². The van der Waals surface area contributed by atoms with Crippen LogP contribution in [-0.2, 0) is 143 Å². The summed E-state index contributed by atoms with van der Waals surface area (Å²) >= 11 is 0. The van der Waals surface area contributed by atoms with E-state index in [9.17, 15) is 62.3 Å². The molecule has 4 fully saturated rings. The van der Waals surface area contributed by atoms with Gasteiger partial charge in [0.25, 0.3) is 0 Å². The van der Waals surface area contributed by atoms with E-state index < -0.39 is 235 Å². The van der Waals surface area contributed by atoms with Gasteiger partial charge in [0, 0.05) is 90.8 Å². The molecule has 0 bridgehead atoms. The maximum Gasteiger partial charge on any atom is 0.338 e. The minimum absolute atomic E-state index is 0.00118. The summed E-state index contributed by atoms with van der Waals surface area (Å²) in [5.74, 6) is -12.6. The van der Waals surface area contributed by atoms with Crippen molar-refractivity contribution in [2.45, 2.75) is 225 Å². The van der Waals surface area contributed by atoms with Crippen molar-refractivity contribution < 1.29 is 152 Å². The predicted octanol–water partition coefficient (Wildman–Crippen LogP) is 1.77. The van der Waals surface area contributed by atoms with Crippen molar-refractivity contribution in [3.05, 3.63) is 71.8 Å². The van der Waals surface area contributed by atoms with Gasteiger partial charge >= 0.3 is 65.7 Å². The lowest BCUT2D eigenvalue weighted by atomic mass is 9.93. The largest absolute Gasteiger partial charge is 0.463 e. The summed E-state index contributed by atoms with van der Waals surface area (Å²) in [5.41, 5.74) is -0.00186. The molecule has 2 aromatic rings. The zero-order chi connectivity index (χ0) is 73.9. The van der Waals surface area contributed by atoms with Gasteiger partial charge in [-0.15, -0.1) is 0 Å². The number of hydrogen-bond donors (Lipinski definition) is 2. The first-order valence-corrected chi connectivity index (χ1v) is 35.5. The zero-order valence-corrected chi connectivity index (χ0v) is 58.6. The lowest BCUT2D eigenvalue weighted by Crippen LogP contribution is -2.72. The van der Waals surface area contributed by atoms with E-state index in [1.54, 1.807) is 36.4 Å². The second kappa shape index (κ2) is 37.2. The summed E-state index contributed by atoms with van der Waals surface area (Å²) in [6.45, 7) is 14.1. The maximum absolute atomic E-state index is 14.6. The first kappa shape index (κ1) is 80.4. The highest BCUT2D eigenvalue weighted by atomic mass is 28.3. The molecule has 0 aromatic heterocycles. The number of hydrogen-bond acceptors (Lipinski definition) is 32. The number of carbonyl (C=O) groups excluding carboxylic acids is 13. The minimum atomic E-state index is -2.14. The molecule has 552 valence electrons. The van der Waals surface area contributed by atoms with Gasteiger partial charge in [0.15, 0.2) is 67.9 Å². The standard InChI is InChI=1S/C65H86N2O32Si/c1-31(68)66-48-54(88-39(9)76)51(98-65-59(90-41(11)78)56(89-40(10)77)52(87-38(8)75)46(94-65)29-84-35(5)72)45(28-83-34(4)71)92-63(48)99-55-49(67-32(2)69)62(91-44(27-82-33(3)70)50(55)86-37(7)74)97-53-47(30-85-36(6)73)93-64(81-25-26-100(12,13)14)58(96-61(80)43-23-19-16-20-24-43)57(53)95-60(79)42-21-17-15-18-22-42/h15-24,44-59,62-65H,25-30H2,1-14H3,(H,66,68)(H,67,69)/t44-,45-,46-,47-,48-,49-,50+,51-,52+,53-,54-,55-,56+,57+,58-,59-,62+,63+,64-,65+/m1/s1. The first-order chi connectivity index (χ1) is 47.1. The number of rotatable bonds is 29. The molecule has 0 radical (unpaired) electrons. The summed E-state index contributed by atoms with van der Waals surface area (Å²) in [4.78, 5) is 173. The van der Waals surface area contributed by atoms with Crippen LogP contribution in [0.5, 0.6) is 0 Å². The maximum atomic E-state index is 14.6. The third-order valence-electron chi connectivity index (χ3n) is 15.0. The first-order valence-electron chi connectivity index (χ1n) is 31.7. The van der Waals surface area contributed by atoms with Crippen molar-refractivity contribution in [3.63, 3.8) is 0 Å². The number of benzene rings is 2. The SMILES string of the molecule is CC(=O)N[C@H]1[C@H](O[C@H]2[C@H](OC(=O)c3ccccc3)[C@@H](OC(=O)c3ccccc3)[C@H](OCC[Si](C)(C)C)O[C@@H]2COC(C)=O)O[C@H](COC(C)=O)[C@H](OC(C)=O)[C@@H]1O[C@@H]1O[C@H](COC(C)=O)[C@@H](O[C@@H]2O[C@H](COC(C)=O)[C@H](OC(C)=O)[C@H](OC(C)=O)[C@H]2OC(C)=O)[C@H](OC(C)=O)[C@H]1NC(C)=O. The highest BCUT2D eigenvalue weighted by Crippen LogP contribution is 2.40. The molecule has 6 rings (SSSR count). The van der Waals surface area contributed by atoms with Gasteiger partial charge < -0.3 is 101 Å². The molecule has 4 aliphatic rings. The van der Waals surface area contributed by atoms with Crippen molar-refractivity contribution in [1.82, 2.24) is 10.6 Å². The molecule has 2 N–H and O–H groups in total. The monoisotopic (exact) mass is 1430 g/mol. The Hall–Kier alpha value is -8.55. The van der Waals surface area contributed by atoms with Crippen molar-refractivity contribution in [2.24, 2.45) is 0 Å². The second-order valence-electron chi connectivity index (χ2n) is 24.7. The summed E-state index contributed by atoms with van der Waals surface area (Å²) < 4.78 is 116. The van der Waals surface area contributed by atoms with Crippen molar-refractivity contribution >= 4 is 85.6 Å². The zero-order valence-electron chi connectivity index (χ0n) is 57.6. The third-order valence-corrected chi connectivity index (χ3v) is 16.7. The van der Waals surface area contributed by atoms with Crippen LogP contribution in [-0.4, -0.2) is 241 Å². The van der Waals surface area contributed by atoms with Crippen molar-refractivity contribution in [1.29, 1.82) is 0 Å². The van der Waals surface area contributed by atoms with Crippen LogP contribution in [0.2, 0.25) is 25.7 Å². The van der Waals surface area contributed by atoms with Crippen LogP contribution in [0, 0.1) is 0 Å². The molecule has 20 atom stereocenters. The van der Waals surface area contributed by atoms with Gasteiger partial charge in [-0.3, -0.25) is 52.7 Å². The molecule has 100 heavy (non-hydrogen) atoms. The van der Waals surface area contributed by atoms with Gasteiger partial charge in [-0.2, -0.15) is 0 Å². The van der Waals surface area contributed by atoms with Gasteiger partial charge in [-0.1, -0.05) is 56.0 Å². The van der Waals surface area contributed by atoms with E-state index in [4.69, 9.17) is 90.0 Å². The van der Waals surface area contributed by atoms with Crippen LogP contribution in [0.15, 0.2) is 60.7 Å². The van der Waals surface area contributed by atoms with Crippen molar-refractivity contribution in [3.8, 4) is 0 Å². The predicted molar refractivity (Wildman–Crippen MR) is 334 cm³/mol. The van der Waals surface area contributed by atoms with E-state index in [1.165, 1.54) is 24.3 Å². The van der Waals surface area contributed by atoms with E-state index in [0.717, 1.165) is 76.2 Å². The number of ether oxygens (including phenoxy) is 19. The lowest BCUT2D eigenvalue weighted by Gasteiger charge is -2.52. The van der Waals surface area contributed by atoms with E-state index in [0.29, 0.717) is 6.04 Å². The normalized spacial score (nSPS) is 29.5. The fraction of sp³-hybridized carbons (Fsp3) is 0.615. The Balaban J connectivity index is 1.58. The highest BCUT2D eigenvalue weighted by molar-refractivity contribution is 6.76. The average Bonchev–Trinajstić information content (AvgIpc) is 0.761. The number of amides is 2. The molecule has 4 saturated heterocycles. The summed E-state index contributed by atoms with van der Waals surface area (Å²) in [7, 11) is -1.91. The van der Waals surface area contributed by atoms with Gasteiger partial charge in [-0.25, -0.2) is 9.59 Å². The molecule has 0 saturated carbocycles. The molecule has 0 spiro atoms. The Morgan fingerprint density at radius 2 is 0.640 bits per heavy atom. The Kier molecular flexibility index (Phi) is 29.9. The number of esters is 11. The quantitative estimate of drug-likeness (QED) is 0.0665. The summed E-state index contributed by atoms with van der Waals surface area (Å²) in [5, 5.41) is 5.26. The molecule has 35 heteroatoms. The fourth-order valence-electron chi connectivity index (χ4n) is 11.0. The molecular weight excluding hydrogens is 1350 g/mol. The number of carbonyl (C=O) groups is 13. The van der Waals surface area contributed by atoms with Gasteiger partial charge in [0.1, 0.15) is 81.2 Å². The molecular formula is C65H86N2O32Si. The molecule has 4 heterocycles. The Morgan fingerprint density at radius 1 is 0.340 bits per heavy atom. The Labute approximate surface area is 576 Å². The van der Waals surface area contributed by atoms with Gasteiger partial charge in [-0.05, 0) is 30.3 Å². The molecule has 2 amide bonds. The average molecular weight is 1440 g/mol. The highest BCUT2D eigenvalue weighted by Gasteiger charge is 2.61. The summed E-state index contributed by atoms with van der Waals surface area (Å²) in [6, 6.07) is 11.9. The van der Waals surface area contributed by atoms with E-state index in [2.05, 4.69) is 30.3 Å². The molecule has 0 aliphatic carbocycles. The fourth-order valence-corrected chi connectivity index (χ4v) is 11.8. The minimum Gasteiger partial charge on any atom is -0.463 e. The molecule has 2 aromatic carbocycles. The smallest absolute Gasteiger partial charge is 0.338 e. The van der Waals surface area contributed by atoms with Crippen LogP contribution >= 0.6 is 0 Å². The topological polar surface area (TPSA) is 421 Å². The van der Waals surface area contributed by atoms with Crippen LogP contribution in [0.4, 0.5) is 0 Å². The Morgan fingerprint density at radius 3 is 1.04 bits per heavy atom. The molecule has 4 aliphatic heterocycles. The molecule has 34 nitrogen and oxygen atoms in total. The van der Waals surface area contributed by atoms with Crippen LogP contribution < -0.4 is 10.6 Å². The summed E-state index contributed by atoms with van der Waals surface area (Å²) in [6.07, 6.45) is -33.7. The van der Waals surface area contributed by atoms with Crippen molar-refractivity contribution in [2.75, 3.05) is 33.0 Å². The van der Waals surface area contributed by atoms with E-state index in [1.807, 2.05) is 0 Å². The van der Waals surface area contributed by atoms with Gasteiger partial charge in [0.2, 0.25) is 11.8 Å². The molecule has 0 unspecified atom stereocenters. The lowest BCUT2D eigenvalue weighted by molar-refractivity contribution is -0.369. The third kappa shape index (κ3) is 24.1. The number of nitrogens with one attached hydrogen (secondary N) is 2. The van der Waals surface area contributed by atoms with E-state index in [-0.39, 0.29) is 17.7 Å². The van der Waals surface area contributed by atoms with Crippen LogP contribution in [0.3, 0.4) is 0 Å². The second-order valence-corrected chi connectivity index (χ2v) is 30.3. The Bertz CT molecular complexity index is 3200. The van der Waals surface area contributed by atoms with Gasteiger partial charge in [0.05, 0.1) is 11.1 Å². The van der Waals surface area contributed by atoms with Crippen LogP contribution in [0.25, 0.3) is 0 Å². The van der Waals surface area contributed by atoms with Crippen LogP contribution in [0.1, 0.15) is 96.9 Å².